The molecule has 2 aliphatic rings. The van der Waals surface area contributed by atoms with Crippen LogP contribution in [0.1, 0.15) is 54.9 Å². The Morgan fingerprint density at radius 2 is 2.00 bits per heavy atom. The van der Waals surface area contributed by atoms with Crippen LogP contribution in [-0.2, 0) is 4.79 Å². The molecule has 0 bridgehead atoms. The van der Waals surface area contributed by atoms with Crippen LogP contribution in [0, 0.1) is 0 Å². The highest BCUT2D eigenvalue weighted by Crippen LogP contribution is 2.30. The molecule has 0 aliphatic carbocycles. The summed E-state index contributed by atoms with van der Waals surface area (Å²) in [5.74, 6) is -0.265. The first-order valence-corrected chi connectivity index (χ1v) is 9.69. The zero-order valence-corrected chi connectivity index (χ0v) is 15.7. The number of amides is 2. The van der Waals surface area contributed by atoms with Gasteiger partial charge < -0.3 is 10.2 Å². The number of benzene rings is 1. The summed E-state index contributed by atoms with van der Waals surface area (Å²) in [6, 6.07) is 8.05. The summed E-state index contributed by atoms with van der Waals surface area (Å²) in [7, 11) is 0. The molecule has 0 spiro atoms. The minimum absolute atomic E-state index is 0.0372. The Hall–Kier alpha value is -2.14. The monoisotopic (exact) mass is 355 g/mol. The third-order valence-corrected chi connectivity index (χ3v) is 5.48. The molecule has 1 aromatic rings. The van der Waals surface area contributed by atoms with Gasteiger partial charge in [0.05, 0.1) is 0 Å². The van der Waals surface area contributed by atoms with E-state index in [2.05, 4.69) is 23.7 Å². The van der Waals surface area contributed by atoms with Crippen molar-refractivity contribution in [2.24, 2.45) is 0 Å². The Morgan fingerprint density at radius 3 is 2.73 bits per heavy atom. The second-order valence-electron chi connectivity index (χ2n) is 7.32. The number of likely N-dealkylation sites (tertiary alicyclic amines) is 1. The maximum Gasteiger partial charge on any atom is 0.259 e. The molecule has 2 heterocycles. The minimum Gasteiger partial charge on any atom is -0.355 e. The summed E-state index contributed by atoms with van der Waals surface area (Å²) in [6.45, 7) is 9.27. The van der Waals surface area contributed by atoms with Crippen LogP contribution in [0.4, 0.5) is 0 Å². The molecule has 0 radical (unpaired) electrons. The largest absolute Gasteiger partial charge is 0.355 e. The number of nitrogens with one attached hydrogen (secondary N) is 1. The van der Waals surface area contributed by atoms with E-state index in [4.69, 9.17) is 0 Å². The number of nitrogens with zero attached hydrogens (tertiary/aromatic N) is 2. The number of carbonyl (C=O) groups is 2. The van der Waals surface area contributed by atoms with Crippen molar-refractivity contribution in [2.75, 3.05) is 26.2 Å². The highest BCUT2D eigenvalue weighted by Gasteiger charge is 2.31. The van der Waals surface area contributed by atoms with Gasteiger partial charge in [-0.05, 0) is 51.8 Å². The van der Waals surface area contributed by atoms with Gasteiger partial charge in [-0.1, -0.05) is 31.2 Å². The molecule has 5 nitrogen and oxygen atoms in total. The molecular weight excluding hydrogens is 326 g/mol. The van der Waals surface area contributed by atoms with E-state index in [1.54, 1.807) is 6.07 Å². The number of hydrogen-bond acceptors (Lipinski definition) is 3. The number of carbonyl (C=O) groups excluding carboxylic acids is 2. The Labute approximate surface area is 156 Å². The van der Waals surface area contributed by atoms with E-state index >= 15 is 0 Å². The normalized spacial score (nSPS) is 20.3. The fraction of sp³-hybridized carbons (Fsp3) is 0.524. The van der Waals surface area contributed by atoms with Crippen LogP contribution in [0.25, 0.3) is 5.70 Å². The van der Waals surface area contributed by atoms with Crippen molar-refractivity contribution in [3.8, 4) is 0 Å². The quantitative estimate of drug-likeness (QED) is 0.765. The molecule has 140 valence electrons. The summed E-state index contributed by atoms with van der Waals surface area (Å²) >= 11 is 0. The summed E-state index contributed by atoms with van der Waals surface area (Å²) in [5.41, 5.74) is 2.06. The molecule has 2 aliphatic heterocycles. The smallest absolute Gasteiger partial charge is 0.259 e. The van der Waals surface area contributed by atoms with Crippen molar-refractivity contribution in [3.63, 3.8) is 0 Å². The van der Waals surface area contributed by atoms with E-state index in [0.717, 1.165) is 24.9 Å². The molecule has 1 fully saturated rings. The number of piperidine rings is 1. The number of hydrogen-bond donors (Lipinski definition) is 1. The molecule has 1 atom stereocenters. The van der Waals surface area contributed by atoms with Gasteiger partial charge in [-0.3, -0.25) is 14.5 Å². The first-order chi connectivity index (χ1) is 12.6. The van der Waals surface area contributed by atoms with Crippen LogP contribution in [-0.4, -0.2) is 53.8 Å². The highest BCUT2D eigenvalue weighted by atomic mass is 16.2. The predicted molar refractivity (Wildman–Crippen MR) is 104 cm³/mol. The zero-order valence-electron chi connectivity index (χ0n) is 15.7. The lowest BCUT2D eigenvalue weighted by Crippen LogP contribution is -2.39. The second-order valence-corrected chi connectivity index (χ2v) is 7.32. The Kier molecular flexibility index (Phi) is 6.09. The van der Waals surface area contributed by atoms with E-state index in [1.165, 1.54) is 30.7 Å². The lowest BCUT2D eigenvalue weighted by molar-refractivity contribution is -0.121. The Morgan fingerprint density at radius 1 is 1.23 bits per heavy atom. The van der Waals surface area contributed by atoms with E-state index in [1.807, 2.05) is 18.2 Å². The van der Waals surface area contributed by atoms with Crippen LogP contribution in [0.2, 0.25) is 0 Å². The van der Waals surface area contributed by atoms with Crippen molar-refractivity contribution in [2.45, 2.75) is 45.1 Å². The van der Waals surface area contributed by atoms with E-state index < -0.39 is 0 Å². The lowest BCUT2D eigenvalue weighted by Gasteiger charge is -2.33. The number of unbranched alkanes of at least 4 members (excludes halogenated alkanes) is 1. The molecule has 1 N–H and O–H groups in total. The summed E-state index contributed by atoms with van der Waals surface area (Å²) < 4.78 is 0. The van der Waals surface area contributed by atoms with E-state index in [9.17, 15) is 9.59 Å². The SMILES string of the molecule is C=C1c2ccccc2C(=O)N1CC(=O)NCCCCN1CCCCC1C. The molecule has 3 rings (SSSR count). The first-order valence-electron chi connectivity index (χ1n) is 9.69. The van der Waals surface area contributed by atoms with Gasteiger partial charge >= 0.3 is 0 Å². The number of rotatable bonds is 7. The van der Waals surface area contributed by atoms with Gasteiger partial charge in [0.2, 0.25) is 5.91 Å². The highest BCUT2D eigenvalue weighted by molar-refractivity contribution is 6.10. The third-order valence-electron chi connectivity index (χ3n) is 5.48. The standard InChI is InChI=1S/C21H29N3O2/c1-16-9-5-7-13-23(16)14-8-6-12-22-20(25)15-24-17(2)18-10-3-4-11-19(18)21(24)26/h3-4,10-11,16H,2,5-9,12-15H2,1H3,(H,22,25). The van der Waals surface area contributed by atoms with Crippen LogP contribution >= 0.6 is 0 Å². The first kappa shape index (κ1) is 18.6. The van der Waals surface area contributed by atoms with Gasteiger partial charge in [0.1, 0.15) is 6.54 Å². The van der Waals surface area contributed by atoms with Crippen LogP contribution in [0.5, 0.6) is 0 Å². The molecule has 26 heavy (non-hydrogen) atoms. The van der Waals surface area contributed by atoms with Crippen molar-refractivity contribution in [1.82, 2.24) is 15.1 Å². The fourth-order valence-electron chi connectivity index (χ4n) is 3.86. The third kappa shape index (κ3) is 4.15. The number of fused-ring (bicyclic) bond motifs is 1. The molecule has 1 unspecified atom stereocenters. The summed E-state index contributed by atoms with van der Waals surface area (Å²) in [5, 5.41) is 2.93. The second kappa shape index (κ2) is 8.49. The maximum atomic E-state index is 12.4. The molecule has 0 saturated carbocycles. The van der Waals surface area contributed by atoms with E-state index in [0.29, 0.717) is 23.8 Å². The summed E-state index contributed by atoms with van der Waals surface area (Å²) in [6.07, 6.45) is 6.00. The molecule has 1 aromatic carbocycles. The summed E-state index contributed by atoms with van der Waals surface area (Å²) in [4.78, 5) is 28.6. The topological polar surface area (TPSA) is 52.7 Å². The molecule has 5 heteroatoms. The molecule has 0 aromatic heterocycles. The molecular formula is C21H29N3O2. The predicted octanol–water partition coefficient (Wildman–Crippen LogP) is 2.88. The van der Waals surface area contributed by atoms with Crippen LogP contribution in [0.3, 0.4) is 0 Å². The van der Waals surface area contributed by atoms with Crippen molar-refractivity contribution >= 4 is 17.5 Å². The van der Waals surface area contributed by atoms with Crippen molar-refractivity contribution < 1.29 is 9.59 Å². The fourth-order valence-corrected chi connectivity index (χ4v) is 3.86. The van der Waals surface area contributed by atoms with E-state index in [-0.39, 0.29) is 18.4 Å². The van der Waals surface area contributed by atoms with Crippen molar-refractivity contribution in [1.29, 1.82) is 0 Å². The van der Waals surface area contributed by atoms with Crippen molar-refractivity contribution in [3.05, 3.63) is 42.0 Å². The van der Waals surface area contributed by atoms with Gasteiger partial charge in [0.15, 0.2) is 0 Å². The van der Waals surface area contributed by atoms with Gasteiger partial charge in [0, 0.05) is 29.4 Å². The molecule has 2 amide bonds. The Balaban J connectivity index is 1.37. The molecule has 1 saturated heterocycles. The average Bonchev–Trinajstić information content (AvgIpc) is 2.88. The maximum absolute atomic E-state index is 12.4. The van der Waals surface area contributed by atoms with Gasteiger partial charge in [-0.2, -0.15) is 0 Å². The van der Waals surface area contributed by atoms with Gasteiger partial charge in [-0.15, -0.1) is 0 Å². The lowest BCUT2D eigenvalue weighted by atomic mass is 10.0. The average molecular weight is 355 g/mol. The van der Waals surface area contributed by atoms with Crippen LogP contribution in [0.15, 0.2) is 30.8 Å². The zero-order chi connectivity index (χ0) is 18.5. The van der Waals surface area contributed by atoms with Gasteiger partial charge in [0.25, 0.3) is 5.91 Å². The van der Waals surface area contributed by atoms with Crippen LogP contribution < -0.4 is 5.32 Å². The van der Waals surface area contributed by atoms with Gasteiger partial charge in [-0.25, -0.2) is 0 Å². The Bertz CT molecular complexity index is 651. The minimum atomic E-state index is -0.139.